The third kappa shape index (κ3) is 3.30. The number of halogens is 2. The van der Waals surface area contributed by atoms with Crippen molar-refractivity contribution in [3.8, 4) is 0 Å². The summed E-state index contributed by atoms with van der Waals surface area (Å²) in [4.78, 5) is 25.3. The highest BCUT2D eigenvalue weighted by Crippen LogP contribution is 2.31. The second-order valence-electron chi connectivity index (χ2n) is 5.99. The molecule has 1 aromatic rings. The van der Waals surface area contributed by atoms with Gasteiger partial charge in [-0.05, 0) is 0 Å². The molecule has 2 aliphatic rings. The zero-order valence-electron chi connectivity index (χ0n) is 14.0. The minimum absolute atomic E-state index is 0.0677. The fourth-order valence-corrected chi connectivity index (χ4v) is 4.54. The normalized spacial score (nSPS) is 22.3. The summed E-state index contributed by atoms with van der Waals surface area (Å²) in [6.45, 7) is 0.202. The Morgan fingerprint density at radius 2 is 1.88 bits per heavy atom. The van der Waals surface area contributed by atoms with E-state index in [2.05, 4.69) is 4.36 Å². The van der Waals surface area contributed by atoms with E-state index in [1.54, 1.807) is 0 Å². The second kappa shape index (κ2) is 6.71. The van der Waals surface area contributed by atoms with Crippen LogP contribution in [0.5, 0.6) is 0 Å². The van der Waals surface area contributed by atoms with Crippen molar-refractivity contribution in [2.45, 2.75) is 6.10 Å². The Balaban J connectivity index is 1.85. The van der Waals surface area contributed by atoms with Crippen molar-refractivity contribution in [3.63, 3.8) is 0 Å². The number of primary amides is 1. The number of anilines is 2. The maximum absolute atomic E-state index is 14.6. The fraction of sp³-hybridized carbons (Fsp3) is 0.467. The molecule has 1 atom stereocenters. The molecule has 0 aliphatic carbocycles. The van der Waals surface area contributed by atoms with Crippen molar-refractivity contribution >= 4 is 33.1 Å². The molecule has 0 spiro atoms. The maximum Gasteiger partial charge on any atom is 0.415 e. The van der Waals surface area contributed by atoms with E-state index in [9.17, 15) is 22.6 Å². The largest absolute Gasteiger partial charge is 0.434 e. The number of amides is 2. The first kappa shape index (κ1) is 18.4. The van der Waals surface area contributed by atoms with E-state index in [0.717, 1.165) is 17.0 Å². The van der Waals surface area contributed by atoms with Crippen molar-refractivity contribution in [3.05, 3.63) is 23.8 Å². The Hall–Kier alpha value is -2.43. The number of carbonyl (C=O) groups excluding carboxylic acids is 2. The maximum atomic E-state index is 14.6. The average molecular weight is 388 g/mol. The number of carbonyl (C=O) groups is 2. The van der Waals surface area contributed by atoms with Crippen LogP contribution in [0, 0.1) is 11.6 Å². The predicted octanol–water partition coefficient (Wildman–Crippen LogP) is 0.693. The lowest BCUT2D eigenvalue weighted by atomic mass is 10.2. The van der Waals surface area contributed by atoms with Crippen LogP contribution in [0.25, 0.3) is 0 Å². The summed E-state index contributed by atoms with van der Waals surface area (Å²) in [5.74, 6) is -2.11. The van der Waals surface area contributed by atoms with Gasteiger partial charge in [0.05, 0.1) is 12.2 Å². The van der Waals surface area contributed by atoms with Crippen LogP contribution in [0.2, 0.25) is 0 Å². The zero-order valence-corrected chi connectivity index (χ0v) is 14.8. The summed E-state index contributed by atoms with van der Waals surface area (Å²) in [5.41, 5.74) is 4.77. The number of nitrogens with two attached hydrogens (primary N) is 1. The van der Waals surface area contributed by atoms with Gasteiger partial charge >= 0.3 is 6.09 Å². The summed E-state index contributed by atoms with van der Waals surface area (Å²) in [6, 6.07) is 2.00. The van der Waals surface area contributed by atoms with E-state index in [1.807, 2.05) is 0 Å². The van der Waals surface area contributed by atoms with E-state index >= 15 is 0 Å². The van der Waals surface area contributed by atoms with Gasteiger partial charge in [0.25, 0.3) is 5.91 Å². The summed E-state index contributed by atoms with van der Waals surface area (Å²) in [6.07, 6.45) is -2.07. The Labute approximate surface area is 149 Å². The third-order valence-electron chi connectivity index (χ3n) is 4.45. The van der Waals surface area contributed by atoms with Crippen LogP contribution in [0.1, 0.15) is 0 Å². The van der Waals surface area contributed by atoms with Gasteiger partial charge in [-0.15, -0.1) is 0 Å². The van der Waals surface area contributed by atoms with Crippen molar-refractivity contribution < 1.29 is 27.3 Å². The quantitative estimate of drug-likeness (QED) is 0.820. The van der Waals surface area contributed by atoms with Gasteiger partial charge in [0, 0.05) is 53.5 Å². The zero-order chi connectivity index (χ0) is 19.1. The van der Waals surface area contributed by atoms with Gasteiger partial charge in [-0.3, -0.25) is 9.69 Å². The average Bonchev–Trinajstić information content (AvgIpc) is 2.98. The van der Waals surface area contributed by atoms with Crippen molar-refractivity contribution in [1.82, 2.24) is 0 Å². The Morgan fingerprint density at radius 1 is 1.31 bits per heavy atom. The minimum atomic E-state index is -2.31. The van der Waals surface area contributed by atoms with Crippen LogP contribution < -0.4 is 15.5 Å². The van der Waals surface area contributed by atoms with E-state index in [1.165, 1.54) is 11.9 Å². The van der Waals surface area contributed by atoms with Gasteiger partial charge < -0.3 is 15.4 Å². The van der Waals surface area contributed by atoms with Crippen molar-refractivity contribution in [2.24, 2.45) is 10.1 Å². The van der Waals surface area contributed by atoms with Crippen LogP contribution >= 0.6 is 0 Å². The smallest absolute Gasteiger partial charge is 0.415 e. The van der Waals surface area contributed by atoms with Crippen LogP contribution in [-0.2, 0) is 19.3 Å². The molecule has 142 valence electrons. The van der Waals surface area contributed by atoms with Crippen LogP contribution in [0.4, 0.5) is 25.0 Å². The second-order valence-corrected chi connectivity index (χ2v) is 8.72. The number of nitrogens with zero attached hydrogens (tertiary/aromatic N) is 3. The number of rotatable bonds is 3. The molecule has 2 N–H and O–H groups in total. The van der Waals surface area contributed by atoms with E-state index < -0.39 is 39.5 Å². The number of hydrogen-bond donors (Lipinski definition) is 1. The summed E-state index contributed by atoms with van der Waals surface area (Å²) in [5, 5.41) is 0. The standard InChI is InChI=1S/C15H18F2N4O4S/c1-19-26(24)4-2-20(3-5-26)13-10(16)6-9(7-11(13)17)21-8-12(14(18)22)25-15(21)23/h6-7,12H,2-5,8H2,1H3,(H2,18,22)/t12-/m1/s1. The van der Waals surface area contributed by atoms with Crippen molar-refractivity contribution in [2.75, 3.05) is 48.0 Å². The molecule has 0 saturated carbocycles. The molecule has 2 amide bonds. The monoisotopic (exact) mass is 388 g/mol. The highest BCUT2D eigenvalue weighted by Gasteiger charge is 2.37. The first-order chi connectivity index (χ1) is 12.2. The molecule has 0 aromatic heterocycles. The molecule has 2 fully saturated rings. The molecule has 2 heterocycles. The predicted molar refractivity (Wildman–Crippen MR) is 91.6 cm³/mol. The lowest BCUT2D eigenvalue weighted by Gasteiger charge is -2.31. The highest BCUT2D eigenvalue weighted by molar-refractivity contribution is 7.93. The Kier molecular flexibility index (Phi) is 4.74. The van der Waals surface area contributed by atoms with E-state index in [-0.39, 0.29) is 42.5 Å². The highest BCUT2D eigenvalue weighted by atomic mass is 32.2. The van der Waals surface area contributed by atoms with Gasteiger partial charge in [-0.2, -0.15) is 0 Å². The summed E-state index contributed by atoms with van der Waals surface area (Å²) in [7, 11) is -0.838. The first-order valence-electron chi connectivity index (χ1n) is 7.86. The molecule has 0 radical (unpaired) electrons. The molecule has 2 aliphatic heterocycles. The number of hydrogen-bond acceptors (Lipinski definition) is 6. The molecule has 26 heavy (non-hydrogen) atoms. The molecular weight excluding hydrogens is 370 g/mol. The topological polar surface area (TPSA) is 105 Å². The molecule has 3 rings (SSSR count). The van der Waals surface area contributed by atoms with Gasteiger partial charge in [0.15, 0.2) is 17.7 Å². The van der Waals surface area contributed by atoms with Crippen LogP contribution in [0.15, 0.2) is 16.5 Å². The van der Waals surface area contributed by atoms with Crippen molar-refractivity contribution in [1.29, 1.82) is 0 Å². The summed E-state index contributed by atoms with van der Waals surface area (Å²) >= 11 is 0. The van der Waals surface area contributed by atoms with E-state index in [4.69, 9.17) is 10.5 Å². The Bertz CT molecular complexity index is 847. The summed E-state index contributed by atoms with van der Waals surface area (Å²) < 4.78 is 49.9. The molecule has 1 aromatic carbocycles. The van der Waals surface area contributed by atoms with Gasteiger partial charge in [-0.1, -0.05) is 0 Å². The molecular formula is C15H18F2N4O4S. The van der Waals surface area contributed by atoms with Gasteiger partial charge in [0.2, 0.25) is 0 Å². The molecule has 2 saturated heterocycles. The Morgan fingerprint density at radius 3 is 2.35 bits per heavy atom. The van der Waals surface area contributed by atoms with Crippen LogP contribution in [0.3, 0.4) is 0 Å². The molecule has 0 bridgehead atoms. The van der Waals surface area contributed by atoms with E-state index in [0.29, 0.717) is 0 Å². The number of ether oxygens (including phenoxy) is 1. The number of cyclic esters (lactones) is 1. The minimum Gasteiger partial charge on any atom is -0.434 e. The lowest BCUT2D eigenvalue weighted by Crippen LogP contribution is -2.41. The fourth-order valence-electron chi connectivity index (χ4n) is 2.96. The number of benzene rings is 1. The third-order valence-corrected chi connectivity index (χ3v) is 6.76. The van der Waals surface area contributed by atoms with Gasteiger partial charge in [-0.25, -0.2) is 22.1 Å². The molecule has 11 heteroatoms. The first-order valence-corrected chi connectivity index (χ1v) is 9.71. The SMILES string of the molecule is CN=S1(=O)CCN(c2c(F)cc(N3C[C@H](C(N)=O)OC3=O)cc2F)CC1. The molecule has 8 nitrogen and oxygen atoms in total. The van der Waals surface area contributed by atoms with Gasteiger partial charge in [0.1, 0.15) is 5.69 Å². The molecule has 0 unspecified atom stereocenters. The van der Waals surface area contributed by atoms with Crippen LogP contribution in [-0.4, -0.2) is 60.5 Å². The lowest BCUT2D eigenvalue weighted by molar-refractivity contribution is -0.124.